The van der Waals surface area contributed by atoms with Crippen molar-refractivity contribution in [3.8, 4) is 0 Å². The average Bonchev–Trinajstić information content (AvgIpc) is 1.55. The summed E-state index contributed by atoms with van der Waals surface area (Å²) >= 11 is 0. The first-order chi connectivity index (χ1) is 3.43. The van der Waals surface area contributed by atoms with Crippen LogP contribution in [0.5, 0.6) is 0 Å². The molecule has 0 saturated carbocycles. The van der Waals surface area contributed by atoms with Crippen molar-refractivity contribution in [2.24, 2.45) is 0 Å². The van der Waals surface area contributed by atoms with Crippen LogP contribution in [-0.2, 0) is 4.84 Å². The normalized spacial score (nSPS) is 29.6. The molecule has 0 amide bonds. The Labute approximate surface area is 42.2 Å². The fraction of sp³-hybridized carbons (Fsp3) is 1.00. The minimum Gasteiger partial charge on any atom is -0.396 e. The number of hydroxylamine groups is 1. The van der Waals surface area contributed by atoms with Crippen LogP contribution in [0.3, 0.4) is 0 Å². The van der Waals surface area contributed by atoms with E-state index in [0.717, 1.165) is 13.0 Å². The molecule has 0 unspecified atom stereocenters. The second-order valence-electron chi connectivity index (χ2n) is 1.60. The maximum atomic E-state index is 8.29. The Bertz CT molecular complexity index is 53.7. The summed E-state index contributed by atoms with van der Waals surface area (Å²) in [5.41, 5.74) is 2.63. The van der Waals surface area contributed by atoms with Gasteiger partial charge in [-0.15, -0.1) is 0 Å². The van der Waals surface area contributed by atoms with Crippen molar-refractivity contribution in [1.82, 2.24) is 5.48 Å². The summed E-state index contributed by atoms with van der Waals surface area (Å²) in [6, 6.07) is 0. The highest BCUT2D eigenvalue weighted by molar-refractivity contribution is 4.63. The van der Waals surface area contributed by atoms with Crippen LogP contribution in [-0.4, -0.2) is 24.4 Å². The number of rotatable bonds is 2. The smallest absolute Gasteiger partial charge is 0.0959 e. The predicted molar refractivity (Wildman–Crippen MR) is 24.6 cm³/mol. The van der Waals surface area contributed by atoms with Crippen molar-refractivity contribution in [3.05, 3.63) is 0 Å². The molecule has 42 valence electrons. The summed E-state index contributed by atoms with van der Waals surface area (Å²) in [5.74, 6) is 0. The van der Waals surface area contributed by atoms with Gasteiger partial charge >= 0.3 is 0 Å². The first-order valence-corrected chi connectivity index (χ1v) is 2.43. The minimum atomic E-state index is 0.229. The topological polar surface area (TPSA) is 41.5 Å². The summed E-state index contributed by atoms with van der Waals surface area (Å²) in [6.45, 7) is 1.12. The van der Waals surface area contributed by atoms with Crippen LogP contribution >= 0.6 is 0 Å². The van der Waals surface area contributed by atoms with Gasteiger partial charge in [-0.2, -0.15) is 5.48 Å². The Hall–Kier alpha value is -0.120. The molecule has 1 heterocycles. The lowest BCUT2D eigenvalue weighted by Crippen LogP contribution is -2.44. The fourth-order valence-electron chi connectivity index (χ4n) is 0.506. The van der Waals surface area contributed by atoms with Gasteiger partial charge in [0, 0.05) is 13.2 Å². The molecule has 1 fully saturated rings. The van der Waals surface area contributed by atoms with Gasteiger partial charge in [0.15, 0.2) is 0 Å². The average molecular weight is 103 g/mol. The van der Waals surface area contributed by atoms with Crippen molar-refractivity contribution in [3.63, 3.8) is 0 Å². The highest BCUT2D eigenvalue weighted by Crippen LogP contribution is 2.00. The van der Waals surface area contributed by atoms with E-state index in [-0.39, 0.29) is 12.7 Å². The van der Waals surface area contributed by atoms with E-state index in [1.54, 1.807) is 0 Å². The van der Waals surface area contributed by atoms with Crippen LogP contribution in [0.2, 0.25) is 0 Å². The van der Waals surface area contributed by atoms with Gasteiger partial charge < -0.3 is 5.11 Å². The van der Waals surface area contributed by atoms with Crippen LogP contribution in [0.15, 0.2) is 0 Å². The monoisotopic (exact) mass is 103 g/mol. The van der Waals surface area contributed by atoms with E-state index in [1.165, 1.54) is 0 Å². The van der Waals surface area contributed by atoms with Gasteiger partial charge in [0.25, 0.3) is 0 Å². The van der Waals surface area contributed by atoms with Crippen LogP contribution in [0.4, 0.5) is 0 Å². The predicted octanol–water partition coefficient (Wildman–Crippen LogP) is -0.728. The van der Waals surface area contributed by atoms with Crippen molar-refractivity contribution >= 4 is 0 Å². The Kier molecular flexibility index (Phi) is 1.62. The van der Waals surface area contributed by atoms with Crippen LogP contribution < -0.4 is 5.48 Å². The number of hydrogen-bond donors (Lipinski definition) is 2. The van der Waals surface area contributed by atoms with Crippen molar-refractivity contribution in [2.45, 2.75) is 12.5 Å². The summed E-state index contributed by atoms with van der Waals surface area (Å²) in [5, 5.41) is 8.29. The molecule has 1 saturated heterocycles. The highest BCUT2D eigenvalue weighted by atomic mass is 16.7. The number of nitrogens with one attached hydrogen (secondary N) is 1. The summed E-state index contributed by atoms with van der Waals surface area (Å²) in [4.78, 5) is 4.76. The van der Waals surface area contributed by atoms with Crippen molar-refractivity contribution in [1.29, 1.82) is 0 Å². The first-order valence-electron chi connectivity index (χ1n) is 2.43. The molecule has 1 aliphatic rings. The van der Waals surface area contributed by atoms with Gasteiger partial charge in [-0.05, 0) is 6.42 Å². The maximum Gasteiger partial charge on any atom is 0.0959 e. The SMILES string of the molecule is OCC[C@@H]1CNO1. The van der Waals surface area contributed by atoms with Gasteiger partial charge in [0.2, 0.25) is 0 Å². The summed E-state index contributed by atoms with van der Waals surface area (Å²) < 4.78 is 0. The molecule has 0 aliphatic carbocycles. The molecule has 0 aromatic carbocycles. The Balaban J connectivity index is 1.93. The van der Waals surface area contributed by atoms with Crippen molar-refractivity contribution < 1.29 is 9.94 Å². The van der Waals surface area contributed by atoms with Crippen LogP contribution in [0.1, 0.15) is 6.42 Å². The fourth-order valence-corrected chi connectivity index (χ4v) is 0.506. The summed E-state index contributed by atoms with van der Waals surface area (Å²) in [7, 11) is 0. The minimum absolute atomic E-state index is 0.229. The van der Waals surface area contributed by atoms with Crippen LogP contribution in [0, 0.1) is 0 Å². The van der Waals surface area contributed by atoms with Gasteiger partial charge in [0.1, 0.15) is 0 Å². The zero-order valence-electron chi connectivity index (χ0n) is 4.05. The van der Waals surface area contributed by atoms with E-state index in [4.69, 9.17) is 9.94 Å². The van der Waals surface area contributed by atoms with E-state index < -0.39 is 0 Å². The van der Waals surface area contributed by atoms with Gasteiger partial charge in [-0.1, -0.05) is 0 Å². The maximum absolute atomic E-state index is 8.29. The molecule has 1 rings (SSSR count). The third-order valence-corrected chi connectivity index (χ3v) is 1.01. The molecule has 1 atom stereocenters. The Morgan fingerprint density at radius 1 is 1.86 bits per heavy atom. The van der Waals surface area contributed by atoms with E-state index in [1.807, 2.05) is 0 Å². The third-order valence-electron chi connectivity index (χ3n) is 1.01. The molecule has 7 heavy (non-hydrogen) atoms. The van der Waals surface area contributed by atoms with Gasteiger partial charge in [-0.25, -0.2) is 0 Å². The molecule has 3 nitrogen and oxygen atoms in total. The van der Waals surface area contributed by atoms with E-state index in [2.05, 4.69) is 5.48 Å². The Morgan fingerprint density at radius 2 is 2.57 bits per heavy atom. The zero-order valence-corrected chi connectivity index (χ0v) is 4.05. The van der Waals surface area contributed by atoms with Crippen molar-refractivity contribution in [2.75, 3.05) is 13.2 Å². The second-order valence-corrected chi connectivity index (χ2v) is 1.60. The highest BCUT2D eigenvalue weighted by Gasteiger charge is 2.15. The molecule has 3 heteroatoms. The largest absolute Gasteiger partial charge is 0.396 e. The lowest BCUT2D eigenvalue weighted by molar-refractivity contribution is -0.128. The number of hydrogen-bond acceptors (Lipinski definition) is 3. The van der Waals surface area contributed by atoms with E-state index in [9.17, 15) is 0 Å². The molecule has 0 spiro atoms. The number of aliphatic hydroxyl groups excluding tert-OH is 1. The molecule has 0 aromatic rings. The van der Waals surface area contributed by atoms with E-state index >= 15 is 0 Å². The molecule has 1 aliphatic heterocycles. The summed E-state index contributed by atoms with van der Waals surface area (Å²) in [6.07, 6.45) is 1.03. The molecule has 2 N–H and O–H groups in total. The zero-order chi connectivity index (χ0) is 5.11. The van der Waals surface area contributed by atoms with Gasteiger partial charge in [0.05, 0.1) is 6.10 Å². The molecular formula is C4H9NO2. The number of aliphatic hydroxyl groups is 1. The quantitative estimate of drug-likeness (QED) is 0.484. The lowest BCUT2D eigenvalue weighted by atomic mass is 10.2. The second kappa shape index (κ2) is 2.26. The Morgan fingerprint density at radius 3 is 2.71 bits per heavy atom. The standard InChI is InChI=1S/C4H9NO2/c6-2-1-4-3-5-7-4/h4-6H,1-3H2/t4-/m1/s1. The molecule has 0 aromatic heterocycles. The van der Waals surface area contributed by atoms with Crippen LogP contribution in [0.25, 0.3) is 0 Å². The lowest BCUT2D eigenvalue weighted by Gasteiger charge is -2.25. The molecule has 0 radical (unpaired) electrons. The third kappa shape index (κ3) is 1.12. The van der Waals surface area contributed by atoms with Gasteiger partial charge in [-0.3, -0.25) is 4.84 Å². The first kappa shape index (κ1) is 5.03. The molecule has 0 bridgehead atoms. The molecular weight excluding hydrogens is 94.0 g/mol. The van der Waals surface area contributed by atoms with E-state index in [0.29, 0.717) is 0 Å².